The number of amides is 2. The quantitative estimate of drug-likeness (QED) is 0.740. The third-order valence-electron chi connectivity index (χ3n) is 4.16. The maximum Gasteiger partial charge on any atom is 0.271 e. The van der Waals surface area contributed by atoms with Crippen molar-refractivity contribution >= 4 is 17.6 Å². The van der Waals surface area contributed by atoms with E-state index in [-0.39, 0.29) is 17.7 Å². The second kappa shape index (κ2) is 8.10. The molecule has 1 saturated carbocycles. The zero-order chi connectivity index (χ0) is 16.8. The Balaban J connectivity index is 1.86. The van der Waals surface area contributed by atoms with Crippen molar-refractivity contribution in [3.63, 3.8) is 0 Å². The summed E-state index contributed by atoms with van der Waals surface area (Å²) in [5.41, 5.74) is 0.332. The van der Waals surface area contributed by atoms with Crippen molar-refractivity contribution in [3.05, 3.63) is 11.8 Å². The molecule has 0 saturated heterocycles. The molecule has 1 heterocycles. The van der Waals surface area contributed by atoms with Crippen molar-refractivity contribution in [2.75, 3.05) is 32.5 Å². The molecule has 1 fully saturated rings. The van der Waals surface area contributed by atoms with Crippen LogP contribution in [0.1, 0.15) is 42.6 Å². The lowest BCUT2D eigenvalue weighted by atomic mass is 10.1. The van der Waals surface area contributed by atoms with E-state index in [2.05, 4.69) is 20.6 Å². The van der Waals surface area contributed by atoms with Crippen LogP contribution in [0.4, 0.5) is 5.82 Å². The number of hydrogen-bond acceptors (Lipinski definition) is 4. The van der Waals surface area contributed by atoms with Crippen LogP contribution in [0, 0.1) is 5.92 Å². The number of carbonyl (C=O) groups is 2. The maximum atomic E-state index is 12.2. The van der Waals surface area contributed by atoms with E-state index in [1.807, 2.05) is 14.1 Å². The second-order valence-electron chi connectivity index (χ2n) is 6.42. The van der Waals surface area contributed by atoms with Gasteiger partial charge in [0.2, 0.25) is 5.91 Å². The molecule has 0 unspecified atom stereocenters. The highest BCUT2D eigenvalue weighted by atomic mass is 16.2. The van der Waals surface area contributed by atoms with Crippen molar-refractivity contribution in [1.82, 2.24) is 20.0 Å². The molecule has 0 radical (unpaired) electrons. The first-order valence-corrected chi connectivity index (χ1v) is 8.25. The topological polar surface area (TPSA) is 79.3 Å². The number of carbonyl (C=O) groups excluding carboxylic acids is 2. The van der Waals surface area contributed by atoms with Crippen LogP contribution in [0.2, 0.25) is 0 Å². The van der Waals surface area contributed by atoms with E-state index in [1.54, 1.807) is 17.8 Å². The molecule has 1 aromatic rings. The minimum atomic E-state index is -0.208. The maximum absolute atomic E-state index is 12.2. The number of nitrogens with one attached hydrogen (secondary N) is 2. The SMILES string of the molecule is CN(C)CCCNC(=O)c1cc(NC(=O)C2CCCC2)n(C)n1. The summed E-state index contributed by atoms with van der Waals surface area (Å²) in [5, 5.41) is 9.92. The minimum absolute atomic E-state index is 0.0310. The first-order chi connectivity index (χ1) is 11.0. The van der Waals surface area contributed by atoms with Gasteiger partial charge >= 0.3 is 0 Å². The number of nitrogens with zero attached hydrogens (tertiary/aromatic N) is 3. The first kappa shape index (κ1) is 17.5. The van der Waals surface area contributed by atoms with Crippen molar-refractivity contribution in [3.8, 4) is 0 Å². The summed E-state index contributed by atoms with van der Waals surface area (Å²) < 4.78 is 1.54. The average Bonchev–Trinajstić information content (AvgIpc) is 3.14. The number of anilines is 1. The van der Waals surface area contributed by atoms with Crippen LogP contribution in [-0.4, -0.2) is 53.7 Å². The van der Waals surface area contributed by atoms with Gasteiger partial charge in [-0.1, -0.05) is 12.8 Å². The molecule has 1 aromatic heterocycles. The van der Waals surface area contributed by atoms with Crippen LogP contribution in [-0.2, 0) is 11.8 Å². The first-order valence-electron chi connectivity index (χ1n) is 8.25. The molecule has 128 valence electrons. The Hall–Kier alpha value is -1.89. The van der Waals surface area contributed by atoms with Crippen molar-refractivity contribution in [2.45, 2.75) is 32.1 Å². The lowest BCUT2D eigenvalue weighted by Gasteiger charge is -2.09. The number of aryl methyl sites for hydroxylation is 1. The highest BCUT2D eigenvalue weighted by Crippen LogP contribution is 2.26. The third kappa shape index (κ3) is 5.06. The fourth-order valence-electron chi connectivity index (χ4n) is 2.80. The summed E-state index contributed by atoms with van der Waals surface area (Å²) >= 11 is 0. The standard InChI is InChI=1S/C16H27N5O2/c1-20(2)10-6-9-17-16(23)13-11-14(21(3)19-13)18-15(22)12-7-4-5-8-12/h11-12H,4-10H2,1-3H3,(H,17,23)(H,18,22). The van der Waals surface area contributed by atoms with E-state index < -0.39 is 0 Å². The molecule has 2 rings (SSSR count). The Morgan fingerprint density at radius 3 is 2.70 bits per heavy atom. The van der Waals surface area contributed by atoms with Crippen LogP contribution in [0.3, 0.4) is 0 Å². The summed E-state index contributed by atoms with van der Waals surface area (Å²) in [6, 6.07) is 1.63. The van der Waals surface area contributed by atoms with Gasteiger partial charge in [-0.3, -0.25) is 14.3 Å². The monoisotopic (exact) mass is 321 g/mol. The largest absolute Gasteiger partial charge is 0.351 e. The highest BCUT2D eigenvalue weighted by molar-refractivity contribution is 5.96. The Morgan fingerprint density at radius 1 is 1.35 bits per heavy atom. The Bertz CT molecular complexity index is 547. The molecule has 23 heavy (non-hydrogen) atoms. The van der Waals surface area contributed by atoms with Crippen LogP contribution >= 0.6 is 0 Å². The smallest absolute Gasteiger partial charge is 0.271 e. The van der Waals surface area contributed by atoms with E-state index in [4.69, 9.17) is 0 Å². The highest BCUT2D eigenvalue weighted by Gasteiger charge is 2.24. The predicted molar refractivity (Wildman–Crippen MR) is 89.3 cm³/mol. The molecule has 7 heteroatoms. The second-order valence-corrected chi connectivity index (χ2v) is 6.42. The summed E-state index contributed by atoms with van der Waals surface area (Å²) in [7, 11) is 5.73. The van der Waals surface area contributed by atoms with Gasteiger partial charge in [-0.25, -0.2) is 0 Å². The van der Waals surface area contributed by atoms with Crippen LogP contribution < -0.4 is 10.6 Å². The fraction of sp³-hybridized carbons (Fsp3) is 0.688. The molecule has 2 amide bonds. The normalized spacial score (nSPS) is 15.1. The van der Waals surface area contributed by atoms with Gasteiger partial charge in [0.1, 0.15) is 5.82 Å². The summed E-state index contributed by atoms with van der Waals surface area (Å²) in [6.07, 6.45) is 5.01. The van der Waals surface area contributed by atoms with Crippen molar-refractivity contribution in [1.29, 1.82) is 0 Å². The van der Waals surface area contributed by atoms with Gasteiger partial charge < -0.3 is 15.5 Å². The molecule has 7 nitrogen and oxygen atoms in total. The molecule has 0 atom stereocenters. The van der Waals surface area contributed by atoms with Crippen LogP contribution in [0.25, 0.3) is 0 Å². The number of hydrogen-bond donors (Lipinski definition) is 2. The third-order valence-corrected chi connectivity index (χ3v) is 4.16. The molecule has 2 N–H and O–H groups in total. The molecule has 0 spiro atoms. The number of rotatable bonds is 7. The van der Waals surface area contributed by atoms with Crippen LogP contribution in [0.15, 0.2) is 6.07 Å². The summed E-state index contributed by atoms with van der Waals surface area (Å²) in [5.74, 6) is 0.484. The lowest BCUT2D eigenvalue weighted by Crippen LogP contribution is -2.27. The summed E-state index contributed by atoms with van der Waals surface area (Å²) in [4.78, 5) is 26.3. The molecule has 1 aliphatic carbocycles. The molecule has 0 aliphatic heterocycles. The van der Waals surface area contributed by atoms with Gasteiger partial charge in [-0.2, -0.15) is 5.10 Å². The zero-order valence-electron chi connectivity index (χ0n) is 14.3. The van der Waals surface area contributed by atoms with E-state index in [0.717, 1.165) is 38.6 Å². The van der Waals surface area contributed by atoms with Crippen LogP contribution in [0.5, 0.6) is 0 Å². The van der Waals surface area contributed by atoms with E-state index >= 15 is 0 Å². The van der Waals surface area contributed by atoms with E-state index in [9.17, 15) is 9.59 Å². The predicted octanol–water partition coefficient (Wildman–Crippen LogP) is 1.23. The van der Waals surface area contributed by atoms with E-state index in [0.29, 0.717) is 18.1 Å². The van der Waals surface area contributed by atoms with Gasteiger partial charge in [0.05, 0.1) is 0 Å². The molecule has 0 aromatic carbocycles. The van der Waals surface area contributed by atoms with Crippen molar-refractivity contribution in [2.24, 2.45) is 13.0 Å². The Morgan fingerprint density at radius 2 is 2.04 bits per heavy atom. The zero-order valence-corrected chi connectivity index (χ0v) is 14.3. The summed E-state index contributed by atoms with van der Waals surface area (Å²) in [6.45, 7) is 1.53. The van der Waals surface area contributed by atoms with Gasteiger partial charge in [0.25, 0.3) is 5.91 Å². The van der Waals surface area contributed by atoms with E-state index in [1.165, 1.54) is 0 Å². The van der Waals surface area contributed by atoms with Gasteiger partial charge in [-0.15, -0.1) is 0 Å². The Labute approximate surface area is 137 Å². The fourth-order valence-corrected chi connectivity index (χ4v) is 2.80. The Kier molecular flexibility index (Phi) is 6.15. The number of aromatic nitrogens is 2. The molecule has 1 aliphatic rings. The lowest BCUT2D eigenvalue weighted by molar-refractivity contribution is -0.119. The molecule has 0 bridgehead atoms. The van der Waals surface area contributed by atoms with Crippen molar-refractivity contribution < 1.29 is 9.59 Å². The minimum Gasteiger partial charge on any atom is -0.351 e. The van der Waals surface area contributed by atoms with Gasteiger partial charge in [-0.05, 0) is 39.9 Å². The van der Waals surface area contributed by atoms with Gasteiger partial charge in [0.15, 0.2) is 5.69 Å². The molecular formula is C16H27N5O2. The van der Waals surface area contributed by atoms with Gasteiger partial charge in [0, 0.05) is 25.6 Å². The average molecular weight is 321 g/mol. The molecular weight excluding hydrogens is 294 g/mol.